The average Bonchev–Trinajstić information content (AvgIpc) is 2.85. The van der Waals surface area contributed by atoms with Crippen LogP contribution in [0.3, 0.4) is 0 Å². The Bertz CT molecular complexity index is 1130. The fraction of sp³-hybridized carbons (Fsp3) is 0.560. The Morgan fingerprint density at radius 1 is 0.974 bits per heavy atom. The zero-order chi connectivity index (χ0) is 28.6. The molecule has 0 radical (unpaired) electrons. The largest absolute Gasteiger partial charge is 0.370 e. The Morgan fingerprint density at radius 3 is 2.26 bits per heavy atom. The molecular weight excluding hydrogens is 529 g/mol. The van der Waals surface area contributed by atoms with Crippen molar-refractivity contribution in [2.24, 2.45) is 5.73 Å². The molecule has 2 atom stereocenters. The second-order valence-electron chi connectivity index (χ2n) is 10.2. The van der Waals surface area contributed by atoms with E-state index in [1.165, 1.54) is 12.1 Å². The van der Waals surface area contributed by atoms with Crippen LogP contribution in [0.5, 0.6) is 0 Å². The van der Waals surface area contributed by atoms with Gasteiger partial charge in [-0.25, -0.2) is 0 Å². The lowest BCUT2D eigenvalue weighted by atomic mass is 9.80. The summed E-state index contributed by atoms with van der Waals surface area (Å²) in [5.41, 5.74) is 4.96. The van der Waals surface area contributed by atoms with Gasteiger partial charge < -0.3 is 36.8 Å². The van der Waals surface area contributed by atoms with Crippen LogP contribution < -0.4 is 27.0 Å². The fourth-order valence-corrected chi connectivity index (χ4v) is 5.66. The Hall–Kier alpha value is -3.28. The molecule has 14 heteroatoms. The van der Waals surface area contributed by atoms with Crippen molar-refractivity contribution in [2.75, 3.05) is 6.54 Å². The van der Waals surface area contributed by atoms with Crippen LogP contribution in [0.15, 0.2) is 24.3 Å². The van der Waals surface area contributed by atoms with Crippen LogP contribution in [0.25, 0.3) is 0 Å². The summed E-state index contributed by atoms with van der Waals surface area (Å²) < 4.78 is 11.3. The minimum absolute atomic E-state index is 0.0332. The van der Waals surface area contributed by atoms with Gasteiger partial charge in [0, 0.05) is 13.0 Å². The first-order valence-corrected chi connectivity index (χ1v) is 14.8. The van der Waals surface area contributed by atoms with Crippen molar-refractivity contribution in [2.45, 2.75) is 81.6 Å². The summed E-state index contributed by atoms with van der Waals surface area (Å²) in [4.78, 5) is 82.3. The van der Waals surface area contributed by atoms with E-state index in [0.717, 1.165) is 6.42 Å². The van der Waals surface area contributed by atoms with Gasteiger partial charge in [-0.3, -0.25) is 28.5 Å². The van der Waals surface area contributed by atoms with E-state index < -0.39 is 61.4 Å². The number of carbonyl (C=O) groups is 5. The second-order valence-corrected chi connectivity index (χ2v) is 11.8. The first-order chi connectivity index (χ1) is 18.4. The molecular formula is C25H36N5O8P. The normalized spacial score (nSPS) is 23.4. The van der Waals surface area contributed by atoms with Crippen molar-refractivity contribution in [3.05, 3.63) is 35.4 Å². The van der Waals surface area contributed by atoms with Gasteiger partial charge in [-0.2, -0.15) is 0 Å². The molecule has 3 rings (SSSR count). The summed E-state index contributed by atoms with van der Waals surface area (Å²) in [6.07, 6.45) is 2.13. The van der Waals surface area contributed by atoms with E-state index in [4.69, 9.17) is 5.73 Å². The van der Waals surface area contributed by atoms with E-state index >= 15 is 0 Å². The van der Waals surface area contributed by atoms with Crippen LogP contribution in [0.1, 0.15) is 75.0 Å². The monoisotopic (exact) mass is 565 g/mol. The lowest BCUT2D eigenvalue weighted by Crippen LogP contribution is -2.63. The fourth-order valence-electron chi connectivity index (χ4n) is 4.97. The van der Waals surface area contributed by atoms with Gasteiger partial charge in [-0.15, -0.1) is 0 Å². The number of nitrogens with two attached hydrogens (primary N) is 1. The van der Waals surface area contributed by atoms with Crippen LogP contribution in [0.4, 0.5) is 0 Å². The minimum Gasteiger partial charge on any atom is -0.370 e. The quantitative estimate of drug-likeness (QED) is 0.241. The lowest BCUT2D eigenvalue weighted by molar-refractivity contribution is -0.138. The van der Waals surface area contributed by atoms with E-state index in [9.17, 15) is 38.3 Å². The van der Waals surface area contributed by atoms with E-state index in [1.807, 2.05) is 0 Å². The molecule has 5 amide bonds. The number of nitrogens with one attached hydrogen (secondary N) is 4. The van der Waals surface area contributed by atoms with Gasteiger partial charge in [0.05, 0.1) is 25.0 Å². The third-order valence-corrected chi connectivity index (χ3v) is 7.70. The van der Waals surface area contributed by atoms with Crippen molar-refractivity contribution < 1.29 is 38.3 Å². The summed E-state index contributed by atoms with van der Waals surface area (Å²) in [6, 6.07) is 4.25. The zero-order valence-electron chi connectivity index (χ0n) is 21.6. The maximum atomic E-state index is 13.5. The smallest absolute Gasteiger partial charge is 0.329 e. The van der Waals surface area contributed by atoms with E-state index in [2.05, 4.69) is 21.3 Å². The van der Waals surface area contributed by atoms with Gasteiger partial charge >= 0.3 is 7.60 Å². The molecule has 1 aliphatic heterocycles. The van der Waals surface area contributed by atoms with E-state index in [-0.39, 0.29) is 31.7 Å². The molecule has 8 N–H and O–H groups in total. The third-order valence-electron chi connectivity index (χ3n) is 6.92. The predicted molar refractivity (Wildman–Crippen MR) is 140 cm³/mol. The van der Waals surface area contributed by atoms with Crippen molar-refractivity contribution in [3.8, 4) is 0 Å². The SMILES string of the molecule is NC(=O)C[C@@H]1NC(=O)C2(CCCCC2)NC(=O)C[C@@H](c2ccc(CP(=O)(O)O)cc2)NC(=O)CCCNC1=O. The number of primary amides is 1. The Labute approximate surface area is 226 Å². The highest BCUT2D eigenvalue weighted by atomic mass is 31.2. The highest BCUT2D eigenvalue weighted by molar-refractivity contribution is 7.50. The molecule has 1 aliphatic carbocycles. The first-order valence-electron chi connectivity index (χ1n) is 13.0. The molecule has 1 aromatic rings. The molecule has 1 heterocycles. The highest BCUT2D eigenvalue weighted by Gasteiger charge is 2.42. The van der Waals surface area contributed by atoms with Crippen LogP contribution in [-0.4, -0.2) is 57.4 Å². The number of amides is 5. The van der Waals surface area contributed by atoms with Crippen LogP contribution in [0.2, 0.25) is 0 Å². The van der Waals surface area contributed by atoms with Gasteiger partial charge in [0.1, 0.15) is 11.6 Å². The molecule has 0 unspecified atom stereocenters. The molecule has 214 valence electrons. The van der Waals surface area contributed by atoms with Crippen LogP contribution >= 0.6 is 7.60 Å². The topological polar surface area (TPSA) is 217 Å². The summed E-state index contributed by atoms with van der Waals surface area (Å²) in [5.74, 6) is -2.82. The molecule has 2 aliphatic rings. The van der Waals surface area contributed by atoms with Crippen molar-refractivity contribution in [3.63, 3.8) is 0 Å². The van der Waals surface area contributed by atoms with Gasteiger partial charge in [0.2, 0.25) is 29.5 Å². The molecule has 39 heavy (non-hydrogen) atoms. The van der Waals surface area contributed by atoms with Crippen LogP contribution in [0, 0.1) is 0 Å². The Morgan fingerprint density at radius 2 is 1.64 bits per heavy atom. The molecule has 0 aromatic heterocycles. The maximum Gasteiger partial charge on any atom is 0.329 e. The summed E-state index contributed by atoms with van der Waals surface area (Å²) in [7, 11) is -4.27. The van der Waals surface area contributed by atoms with Gasteiger partial charge in [-0.1, -0.05) is 43.5 Å². The average molecular weight is 566 g/mol. The van der Waals surface area contributed by atoms with Crippen molar-refractivity contribution in [1.29, 1.82) is 0 Å². The molecule has 1 aromatic carbocycles. The second kappa shape index (κ2) is 13.2. The number of benzene rings is 1. The molecule has 1 spiro atoms. The molecule has 1 saturated heterocycles. The number of rotatable bonds is 5. The first kappa shape index (κ1) is 30.3. The van der Waals surface area contributed by atoms with Crippen LogP contribution in [-0.2, 0) is 34.7 Å². The van der Waals surface area contributed by atoms with E-state index in [0.29, 0.717) is 36.8 Å². The molecule has 2 fully saturated rings. The number of hydrogen-bond donors (Lipinski definition) is 7. The summed E-state index contributed by atoms with van der Waals surface area (Å²) >= 11 is 0. The van der Waals surface area contributed by atoms with Crippen molar-refractivity contribution in [1.82, 2.24) is 21.3 Å². The zero-order valence-corrected chi connectivity index (χ0v) is 22.5. The number of hydrogen-bond acceptors (Lipinski definition) is 6. The molecule has 0 bridgehead atoms. The van der Waals surface area contributed by atoms with Gasteiger partial charge in [0.25, 0.3) is 0 Å². The lowest BCUT2D eigenvalue weighted by Gasteiger charge is -2.38. The Kier molecular flexibility index (Phi) is 10.2. The van der Waals surface area contributed by atoms with E-state index in [1.54, 1.807) is 12.1 Å². The van der Waals surface area contributed by atoms with Crippen molar-refractivity contribution >= 4 is 37.1 Å². The molecule has 13 nitrogen and oxygen atoms in total. The molecule has 1 saturated carbocycles. The summed E-state index contributed by atoms with van der Waals surface area (Å²) in [5, 5.41) is 10.9. The summed E-state index contributed by atoms with van der Waals surface area (Å²) in [6.45, 7) is 0.113. The maximum absolute atomic E-state index is 13.5. The standard InChI is InChI=1S/C25H36N5O8P/c26-20(31)13-19-23(34)27-12-4-5-21(32)28-18(17-8-6-16(7-9-17)15-39(36,37)38)14-22(33)30-25(24(35)29-19)10-2-1-3-11-25/h6-9,18-19H,1-5,10-15H2,(H2,26,31)(H,27,34)(H,28,32)(H,29,35)(H,30,33)(H2,36,37,38)/t18-,19-/m0/s1. The highest BCUT2D eigenvalue weighted by Crippen LogP contribution is 2.39. The number of carbonyl (C=O) groups excluding carboxylic acids is 5. The Balaban J connectivity index is 1.89. The third kappa shape index (κ3) is 9.15. The van der Waals surface area contributed by atoms with Gasteiger partial charge in [-0.05, 0) is 30.4 Å². The van der Waals surface area contributed by atoms with Gasteiger partial charge in [0.15, 0.2) is 0 Å². The minimum atomic E-state index is -4.27. The predicted octanol–water partition coefficient (Wildman–Crippen LogP) is 0.00100.